The molecule has 7 nitrogen and oxygen atoms in total. The van der Waals surface area contributed by atoms with Gasteiger partial charge in [0.25, 0.3) is 5.91 Å². The average molecular weight is 399 g/mol. The molecule has 0 radical (unpaired) electrons. The van der Waals surface area contributed by atoms with E-state index in [4.69, 9.17) is 5.73 Å². The Labute approximate surface area is 173 Å². The van der Waals surface area contributed by atoms with E-state index in [0.717, 1.165) is 22.2 Å². The minimum atomic E-state index is -0.825. The van der Waals surface area contributed by atoms with Crippen LogP contribution in [-0.4, -0.2) is 32.8 Å². The number of nitrogens with zero attached hydrogens (tertiary/aromatic N) is 2. The summed E-state index contributed by atoms with van der Waals surface area (Å²) in [4.78, 5) is 36.8. The standard InChI is InChI=1S/C23H21N5O2/c1-14-5-7-15(8-6-14)13-19(21(24)29)27-23(30)17-3-2-4-18-20(17)28-22(26-18)16-9-11-25-12-10-16/h2-12,19H,13H2,1H3,(H2,24,29)(H,26,28)(H,27,30). The zero-order valence-electron chi connectivity index (χ0n) is 16.4. The van der Waals surface area contributed by atoms with E-state index in [1.54, 1.807) is 24.5 Å². The second-order valence-electron chi connectivity index (χ2n) is 7.14. The van der Waals surface area contributed by atoms with Crippen LogP contribution in [0.15, 0.2) is 67.0 Å². The molecule has 1 unspecified atom stereocenters. The van der Waals surface area contributed by atoms with E-state index in [9.17, 15) is 9.59 Å². The Hall–Kier alpha value is -4.00. The summed E-state index contributed by atoms with van der Waals surface area (Å²) in [7, 11) is 0. The molecule has 7 heteroatoms. The molecule has 2 heterocycles. The quantitative estimate of drug-likeness (QED) is 0.462. The van der Waals surface area contributed by atoms with Crippen LogP contribution < -0.4 is 11.1 Å². The van der Waals surface area contributed by atoms with Crippen LogP contribution in [0.5, 0.6) is 0 Å². The van der Waals surface area contributed by atoms with Gasteiger partial charge in [0.2, 0.25) is 5.91 Å². The molecule has 0 bridgehead atoms. The normalized spacial score (nSPS) is 11.9. The van der Waals surface area contributed by atoms with Gasteiger partial charge in [-0.25, -0.2) is 4.98 Å². The maximum atomic E-state index is 13.0. The fourth-order valence-electron chi connectivity index (χ4n) is 3.28. The molecule has 0 aliphatic heterocycles. The lowest BCUT2D eigenvalue weighted by Gasteiger charge is -2.16. The number of hydrogen-bond acceptors (Lipinski definition) is 4. The summed E-state index contributed by atoms with van der Waals surface area (Å²) >= 11 is 0. The van der Waals surface area contributed by atoms with Gasteiger partial charge in [0.05, 0.1) is 11.1 Å². The van der Waals surface area contributed by atoms with Gasteiger partial charge < -0.3 is 16.0 Å². The SMILES string of the molecule is Cc1ccc(CC(NC(=O)c2cccc3[nH]c(-c4ccncc4)nc23)C(N)=O)cc1. The van der Waals surface area contributed by atoms with Gasteiger partial charge in [-0.05, 0) is 36.8 Å². The van der Waals surface area contributed by atoms with Crippen molar-refractivity contribution in [2.45, 2.75) is 19.4 Å². The molecule has 2 amide bonds. The third kappa shape index (κ3) is 4.05. The predicted octanol–water partition coefficient (Wildman–Crippen LogP) is 2.76. The zero-order chi connectivity index (χ0) is 21.1. The first-order valence-electron chi connectivity index (χ1n) is 9.56. The van der Waals surface area contributed by atoms with Gasteiger partial charge in [-0.2, -0.15) is 0 Å². The van der Waals surface area contributed by atoms with Crippen LogP contribution in [0.3, 0.4) is 0 Å². The highest BCUT2D eigenvalue weighted by Crippen LogP contribution is 2.22. The summed E-state index contributed by atoms with van der Waals surface area (Å²) in [5.74, 6) is -0.348. The van der Waals surface area contributed by atoms with Gasteiger partial charge in [0, 0.05) is 24.4 Å². The second-order valence-corrected chi connectivity index (χ2v) is 7.14. The first-order chi connectivity index (χ1) is 14.5. The summed E-state index contributed by atoms with van der Waals surface area (Å²) in [5.41, 5.74) is 10.1. The Kier molecular flexibility index (Phi) is 5.26. The topological polar surface area (TPSA) is 114 Å². The summed E-state index contributed by atoms with van der Waals surface area (Å²) in [6.07, 6.45) is 3.68. The molecule has 1 atom stereocenters. The van der Waals surface area contributed by atoms with Crippen molar-refractivity contribution < 1.29 is 9.59 Å². The number of carbonyl (C=O) groups excluding carboxylic acids is 2. The number of nitrogens with two attached hydrogens (primary N) is 1. The number of aryl methyl sites for hydroxylation is 1. The van der Waals surface area contributed by atoms with Crippen molar-refractivity contribution in [2.75, 3.05) is 0 Å². The van der Waals surface area contributed by atoms with E-state index in [1.807, 2.05) is 49.4 Å². The van der Waals surface area contributed by atoms with Gasteiger partial charge in [0.1, 0.15) is 17.4 Å². The lowest BCUT2D eigenvalue weighted by molar-refractivity contribution is -0.119. The van der Waals surface area contributed by atoms with Crippen molar-refractivity contribution in [3.05, 3.63) is 83.7 Å². The molecule has 2 aromatic heterocycles. The third-order valence-electron chi connectivity index (χ3n) is 4.92. The predicted molar refractivity (Wildman–Crippen MR) is 115 cm³/mol. The Morgan fingerprint density at radius 3 is 2.50 bits per heavy atom. The number of carbonyl (C=O) groups is 2. The smallest absolute Gasteiger partial charge is 0.254 e. The van der Waals surface area contributed by atoms with Crippen LogP contribution in [0.25, 0.3) is 22.4 Å². The van der Waals surface area contributed by atoms with Crippen molar-refractivity contribution in [2.24, 2.45) is 5.73 Å². The number of H-pyrrole nitrogens is 1. The molecule has 4 aromatic rings. The molecule has 4 N–H and O–H groups in total. The van der Waals surface area contributed by atoms with E-state index in [0.29, 0.717) is 23.3 Å². The van der Waals surface area contributed by atoms with Crippen molar-refractivity contribution in [3.8, 4) is 11.4 Å². The maximum Gasteiger partial charge on any atom is 0.254 e. The first-order valence-corrected chi connectivity index (χ1v) is 9.56. The minimum absolute atomic E-state index is 0.320. The van der Waals surface area contributed by atoms with E-state index < -0.39 is 17.9 Å². The fourth-order valence-corrected chi connectivity index (χ4v) is 3.28. The molecule has 0 saturated heterocycles. The van der Waals surface area contributed by atoms with Crippen LogP contribution in [-0.2, 0) is 11.2 Å². The lowest BCUT2D eigenvalue weighted by Crippen LogP contribution is -2.45. The maximum absolute atomic E-state index is 13.0. The third-order valence-corrected chi connectivity index (χ3v) is 4.92. The minimum Gasteiger partial charge on any atom is -0.368 e. The van der Waals surface area contributed by atoms with Crippen LogP contribution in [0.2, 0.25) is 0 Å². The Morgan fingerprint density at radius 2 is 1.80 bits per heavy atom. The van der Waals surface area contributed by atoms with Crippen molar-refractivity contribution >= 4 is 22.8 Å². The number of amides is 2. The highest BCUT2D eigenvalue weighted by molar-refractivity contribution is 6.06. The number of aromatic nitrogens is 3. The zero-order valence-corrected chi connectivity index (χ0v) is 16.4. The number of nitrogens with one attached hydrogen (secondary N) is 2. The highest BCUT2D eigenvalue weighted by atomic mass is 16.2. The molecule has 0 saturated carbocycles. The number of aromatic amines is 1. The Balaban J connectivity index is 1.60. The van der Waals surface area contributed by atoms with Gasteiger partial charge >= 0.3 is 0 Å². The number of imidazole rings is 1. The summed E-state index contributed by atoms with van der Waals surface area (Å²) in [6, 6.07) is 15.9. The van der Waals surface area contributed by atoms with E-state index in [1.165, 1.54) is 0 Å². The number of fused-ring (bicyclic) bond motifs is 1. The number of primary amides is 1. The van der Waals surface area contributed by atoms with Gasteiger partial charge in [-0.1, -0.05) is 35.9 Å². The summed E-state index contributed by atoms with van der Waals surface area (Å²) < 4.78 is 0. The Morgan fingerprint density at radius 1 is 1.07 bits per heavy atom. The van der Waals surface area contributed by atoms with Crippen molar-refractivity contribution in [3.63, 3.8) is 0 Å². The molecular formula is C23H21N5O2. The van der Waals surface area contributed by atoms with Gasteiger partial charge in [0.15, 0.2) is 0 Å². The van der Waals surface area contributed by atoms with Crippen LogP contribution in [0, 0.1) is 6.92 Å². The fraction of sp³-hybridized carbons (Fsp3) is 0.130. The average Bonchev–Trinajstić information content (AvgIpc) is 3.19. The van der Waals surface area contributed by atoms with Crippen molar-refractivity contribution in [1.82, 2.24) is 20.3 Å². The molecule has 150 valence electrons. The highest BCUT2D eigenvalue weighted by Gasteiger charge is 2.22. The molecule has 2 aromatic carbocycles. The van der Waals surface area contributed by atoms with E-state index >= 15 is 0 Å². The molecule has 0 aliphatic carbocycles. The van der Waals surface area contributed by atoms with E-state index in [-0.39, 0.29) is 0 Å². The molecule has 30 heavy (non-hydrogen) atoms. The molecule has 0 aliphatic rings. The van der Waals surface area contributed by atoms with Gasteiger partial charge in [-0.15, -0.1) is 0 Å². The molecule has 0 fully saturated rings. The molecule has 4 rings (SSSR count). The first kappa shape index (κ1) is 19.3. The number of benzene rings is 2. The second kappa shape index (κ2) is 8.16. The number of para-hydroxylation sites is 1. The summed E-state index contributed by atoms with van der Waals surface area (Å²) in [6.45, 7) is 1.99. The monoisotopic (exact) mass is 399 g/mol. The lowest BCUT2D eigenvalue weighted by atomic mass is 10.0. The van der Waals surface area contributed by atoms with Gasteiger partial charge in [-0.3, -0.25) is 14.6 Å². The van der Waals surface area contributed by atoms with Crippen LogP contribution in [0.4, 0.5) is 0 Å². The number of pyridine rings is 1. The molecule has 0 spiro atoms. The summed E-state index contributed by atoms with van der Waals surface area (Å²) in [5, 5.41) is 2.76. The van der Waals surface area contributed by atoms with Crippen LogP contribution in [0.1, 0.15) is 21.5 Å². The van der Waals surface area contributed by atoms with Crippen LogP contribution >= 0.6 is 0 Å². The number of hydrogen-bond donors (Lipinski definition) is 3. The van der Waals surface area contributed by atoms with Crippen molar-refractivity contribution in [1.29, 1.82) is 0 Å². The Bertz CT molecular complexity index is 1200. The largest absolute Gasteiger partial charge is 0.368 e. The van der Waals surface area contributed by atoms with E-state index in [2.05, 4.69) is 20.3 Å². The number of rotatable bonds is 6. The molecular weight excluding hydrogens is 378 g/mol.